The van der Waals surface area contributed by atoms with Gasteiger partial charge >= 0.3 is 12.2 Å². The summed E-state index contributed by atoms with van der Waals surface area (Å²) in [6.45, 7) is 15.2. The van der Waals surface area contributed by atoms with E-state index in [1.54, 1.807) is 17.9 Å². The Morgan fingerprint density at radius 2 is 1.59 bits per heavy atom. The second-order valence-electron chi connectivity index (χ2n) is 7.51. The minimum Gasteiger partial charge on any atom is -0.434 e. The third kappa shape index (κ3) is 6.77. The van der Waals surface area contributed by atoms with E-state index < -0.39 is 12.2 Å². The molecule has 0 spiro atoms. The van der Waals surface area contributed by atoms with Gasteiger partial charge in [0.1, 0.15) is 0 Å². The zero-order chi connectivity index (χ0) is 20.6. The number of amides is 1. The zero-order valence-corrected chi connectivity index (χ0v) is 17.7. The van der Waals surface area contributed by atoms with E-state index in [-0.39, 0.29) is 23.5 Å². The fourth-order valence-electron chi connectivity index (χ4n) is 2.60. The molecule has 0 bridgehead atoms. The first-order chi connectivity index (χ1) is 12.6. The maximum atomic E-state index is 12.7. The van der Waals surface area contributed by atoms with Gasteiger partial charge in [0, 0.05) is 13.1 Å². The second-order valence-corrected chi connectivity index (χ2v) is 7.51. The highest BCUT2D eigenvalue weighted by molar-refractivity contribution is 5.74. The summed E-state index contributed by atoms with van der Waals surface area (Å²) in [6, 6.07) is 3.69. The largest absolute Gasteiger partial charge is 0.513 e. The number of aryl methyl sites for hydroxylation is 1. The van der Waals surface area contributed by atoms with E-state index in [0.29, 0.717) is 18.7 Å². The van der Waals surface area contributed by atoms with Crippen molar-refractivity contribution < 1.29 is 23.8 Å². The van der Waals surface area contributed by atoms with Crippen LogP contribution < -0.4 is 9.47 Å². The van der Waals surface area contributed by atoms with E-state index in [0.717, 1.165) is 18.4 Å². The molecule has 152 valence electrons. The van der Waals surface area contributed by atoms with Crippen LogP contribution in [-0.2, 0) is 10.2 Å². The van der Waals surface area contributed by atoms with Crippen molar-refractivity contribution in [3.63, 3.8) is 0 Å². The Kier molecular flexibility index (Phi) is 8.60. The van der Waals surface area contributed by atoms with Gasteiger partial charge in [-0.15, -0.1) is 0 Å². The predicted molar refractivity (Wildman–Crippen MR) is 106 cm³/mol. The van der Waals surface area contributed by atoms with Crippen molar-refractivity contribution in [1.29, 1.82) is 0 Å². The molecule has 0 fully saturated rings. The lowest BCUT2D eigenvalue weighted by atomic mass is 9.86. The van der Waals surface area contributed by atoms with Crippen molar-refractivity contribution in [3.8, 4) is 11.5 Å². The molecule has 1 aromatic rings. The van der Waals surface area contributed by atoms with Crippen molar-refractivity contribution in [3.05, 3.63) is 23.3 Å². The summed E-state index contributed by atoms with van der Waals surface area (Å²) in [5.74, 6) is 0.443. The number of rotatable bonds is 7. The van der Waals surface area contributed by atoms with E-state index in [9.17, 15) is 9.59 Å². The van der Waals surface area contributed by atoms with Crippen LogP contribution in [0.3, 0.4) is 0 Å². The van der Waals surface area contributed by atoms with Gasteiger partial charge in [0.15, 0.2) is 11.5 Å². The monoisotopic (exact) mass is 379 g/mol. The number of nitrogens with zero attached hydrogens (tertiary/aromatic N) is 1. The Balaban J connectivity index is 3.27. The van der Waals surface area contributed by atoms with Gasteiger partial charge in [-0.05, 0) is 49.3 Å². The Morgan fingerprint density at radius 1 is 1.00 bits per heavy atom. The summed E-state index contributed by atoms with van der Waals surface area (Å²) in [6.07, 6.45) is 0.406. The number of ether oxygens (including phenoxy) is 3. The van der Waals surface area contributed by atoms with Gasteiger partial charge in [-0.2, -0.15) is 0 Å². The molecule has 0 aliphatic carbocycles. The predicted octanol–water partition coefficient (Wildman–Crippen LogP) is 5.45. The molecule has 1 aromatic carbocycles. The van der Waals surface area contributed by atoms with Gasteiger partial charge in [-0.1, -0.05) is 40.7 Å². The third-order valence-corrected chi connectivity index (χ3v) is 4.00. The standard InChI is InChI=1S/C21H33NO5/c1-8-11-22(12-9-2)19(23)26-17-14-16(21(5,6)7)13-15(4)18(17)27-20(24)25-10-3/h13-14H,8-12H2,1-7H3. The van der Waals surface area contributed by atoms with E-state index in [1.807, 2.05) is 26.8 Å². The quantitative estimate of drug-likeness (QED) is 0.466. The van der Waals surface area contributed by atoms with Crippen LogP contribution in [0.15, 0.2) is 12.1 Å². The molecule has 1 amide bonds. The van der Waals surface area contributed by atoms with Crippen molar-refractivity contribution in [2.45, 2.75) is 66.7 Å². The molecule has 0 radical (unpaired) electrons. The number of carbonyl (C=O) groups excluding carboxylic acids is 2. The number of carbonyl (C=O) groups is 2. The van der Waals surface area contributed by atoms with Crippen molar-refractivity contribution in [2.75, 3.05) is 19.7 Å². The molecule has 0 aliphatic rings. The second kappa shape index (κ2) is 10.2. The van der Waals surface area contributed by atoms with E-state index in [1.165, 1.54) is 0 Å². The molecule has 0 aromatic heterocycles. The summed E-state index contributed by atoms with van der Waals surface area (Å²) in [4.78, 5) is 26.1. The molecule has 0 saturated heterocycles. The van der Waals surface area contributed by atoms with Crippen molar-refractivity contribution in [2.24, 2.45) is 0 Å². The molecule has 0 unspecified atom stereocenters. The van der Waals surface area contributed by atoms with Gasteiger partial charge in [0.25, 0.3) is 0 Å². The summed E-state index contributed by atoms with van der Waals surface area (Å²) in [7, 11) is 0. The Morgan fingerprint density at radius 3 is 2.07 bits per heavy atom. The average Bonchev–Trinajstić information content (AvgIpc) is 2.56. The molecule has 6 heteroatoms. The van der Waals surface area contributed by atoms with Crippen LogP contribution in [0.1, 0.15) is 65.5 Å². The first kappa shape index (κ1) is 22.8. The Hall–Kier alpha value is -2.24. The Bertz CT molecular complexity index is 643. The van der Waals surface area contributed by atoms with Crippen LogP contribution in [0.4, 0.5) is 9.59 Å². The van der Waals surface area contributed by atoms with Crippen molar-refractivity contribution >= 4 is 12.2 Å². The van der Waals surface area contributed by atoms with E-state index in [2.05, 4.69) is 20.8 Å². The summed E-state index contributed by atoms with van der Waals surface area (Å²) >= 11 is 0. The molecular formula is C21H33NO5. The molecule has 1 rings (SSSR count). The summed E-state index contributed by atoms with van der Waals surface area (Å²) in [5.41, 5.74) is 1.54. The minimum absolute atomic E-state index is 0.152. The first-order valence-corrected chi connectivity index (χ1v) is 9.60. The van der Waals surface area contributed by atoms with Crippen LogP contribution in [0.25, 0.3) is 0 Å². The molecule has 0 saturated carbocycles. The first-order valence-electron chi connectivity index (χ1n) is 9.60. The normalized spacial score (nSPS) is 11.1. The SMILES string of the molecule is CCCN(CCC)C(=O)Oc1cc(C(C)(C)C)cc(C)c1OC(=O)OCC. The van der Waals surface area contributed by atoms with Crippen LogP contribution in [-0.4, -0.2) is 36.8 Å². The van der Waals surface area contributed by atoms with Crippen LogP contribution in [0.2, 0.25) is 0 Å². The van der Waals surface area contributed by atoms with Gasteiger partial charge in [-0.25, -0.2) is 9.59 Å². The highest BCUT2D eigenvalue weighted by Crippen LogP contribution is 2.37. The summed E-state index contributed by atoms with van der Waals surface area (Å²) < 4.78 is 15.9. The van der Waals surface area contributed by atoms with Gasteiger partial charge in [-0.3, -0.25) is 0 Å². The summed E-state index contributed by atoms with van der Waals surface area (Å²) in [5, 5.41) is 0. The number of benzene rings is 1. The fraction of sp³-hybridized carbons (Fsp3) is 0.619. The number of hydrogen-bond acceptors (Lipinski definition) is 5. The van der Waals surface area contributed by atoms with Gasteiger partial charge in [0.2, 0.25) is 0 Å². The molecular weight excluding hydrogens is 346 g/mol. The third-order valence-electron chi connectivity index (χ3n) is 4.00. The molecule has 0 N–H and O–H groups in total. The smallest absolute Gasteiger partial charge is 0.434 e. The lowest BCUT2D eigenvalue weighted by Gasteiger charge is -2.24. The maximum absolute atomic E-state index is 12.7. The molecule has 6 nitrogen and oxygen atoms in total. The van der Waals surface area contributed by atoms with E-state index in [4.69, 9.17) is 14.2 Å². The van der Waals surface area contributed by atoms with Crippen LogP contribution >= 0.6 is 0 Å². The topological polar surface area (TPSA) is 65.1 Å². The minimum atomic E-state index is -0.819. The van der Waals surface area contributed by atoms with Crippen molar-refractivity contribution in [1.82, 2.24) is 4.90 Å². The van der Waals surface area contributed by atoms with Gasteiger partial charge in [0.05, 0.1) is 6.61 Å². The maximum Gasteiger partial charge on any atom is 0.513 e. The molecule has 0 atom stereocenters. The lowest BCUT2D eigenvalue weighted by Crippen LogP contribution is -2.35. The fourth-order valence-corrected chi connectivity index (χ4v) is 2.60. The Labute approximate surface area is 162 Å². The lowest BCUT2D eigenvalue weighted by molar-refractivity contribution is 0.101. The van der Waals surface area contributed by atoms with E-state index >= 15 is 0 Å². The molecule has 0 aliphatic heterocycles. The highest BCUT2D eigenvalue weighted by Gasteiger charge is 2.24. The van der Waals surface area contributed by atoms with Gasteiger partial charge < -0.3 is 19.1 Å². The molecule has 27 heavy (non-hydrogen) atoms. The zero-order valence-electron chi connectivity index (χ0n) is 17.7. The number of hydrogen-bond donors (Lipinski definition) is 0. The average molecular weight is 379 g/mol. The van der Waals surface area contributed by atoms with Crippen LogP contribution in [0.5, 0.6) is 11.5 Å². The highest BCUT2D eigenvalue weighted by atomic mass is 16.7. The molecule has 0 heterocycles. The van der Waals surface area contributed by atoms with Crippen LogP contribution in [0, 0.1) is 6.92 Å².